The SMILES string of the molecule is COc1nccc(C(=O)O)c1NC(=O)C(C)(C)C. The first kappa shape index (κ1) is 14.0. The quantitative estimate of drug-likeness (QED) is 0.855. The van der Waals surface area contributed by atoms with Crippen LogP contribution in [-0.4, -0.2) is 29.1 Å². The lowest BCUT2D eigenvalue weighted by atomic mass is 9.95. The third kappa shape index (κ3) is 2.97. The molecular formula is C12H16N2O4. The maximum atomic E-state index is 11.9. The molecule has 0 aliphatic heterocycles. The van der Waals surface area contributed by atoms with Gasteiger partial charge in [-0.1, -0.05) is 20.8 Å². The molecule has 1 aromatic heterocycles. The number of aromatic carboxylic acids is 1. The molecule has 0 unspecified atom stereocenters. The molecule has 98 valence electrons. The van der Waals surface area contributed by atoms with Gasteiger partial charge < -0.3 is 15.2 Å². The Balaban J connectivity index is 3.21. The number of methoxy groups -OCH3 is 1. The van der Waals surface area contributed by atoms with E-state index >= 15 is 0 Å². The van der Waals surface area contributed by atoms with Gasteiger partial charge in [0.25, 0.3) is 0 Å². The fraction of sp³-hybridized carbons (Fsp3) is 0.417. The molecule has 6 nitrogen and oxygen atoms in total. The minimum Gasteiger partial charge on any atom is -0.479 e. The van der Waals surface area contributed by atoms with E-state index in [4.69, 9.17) is 9.84 Å². The van der Waals surface area contributed by atoms with Crippen molar-refractivity contribution in [3.8, 4) is 5.88 Å². The fourth-order valence-corrected chi connectivity index (χ4v) is 1.20. The first-order valence-electron chi connectivity index (χ1n) is 5.35. The molecule has 0 aromatic carbocycles. The Morgan fingerprint density at radius 2 is 2.00 bits per heavy atom. The number of hydrogen-bond acceptors (Lipinski definition) is 4. The fourth-order valence-electron chi connectivity index (χ4n) is 1.20. The normalized spacial score (nSPS) is 10.9. The third-order valence-corrected chi connectivity index (χ3v) is 2.26. The van der Waals surface area contributed by atoms with Crippen molar-refractivity contribution in [1.82, 2.24) is 4.98 Å². The number of rotatable bonds is 3. The second-order valence-electron chi connectivity index (χ2n) is 4.75. The standard InChI is InChI=1S/C12H16N2O4/c1-12(2,3)11(17)14-8-7(10(15)16)5-6-13-9(8)18-4/h5-6H,1-4H3,(H,14,17)(H,15,16). The Morgan fingerprint density at radius 3 is 2.44 bits per heavy atom. The van der Waals surface area contributed by atoms with Crippen LogP contribution in [0.4, 0.5) is 5.69 Å². The Bertz CT molecular complexity index is 477. The monoisotopic (exact) mass is 252 g/mol. The van der Waals surface area contributed by atoms with Crippen LogP contribution in [0.1, 0.15) is 31.1 Å². The number of hydrogen-bond donors (Lipinski definition) is 2. The summed E-state index contributed by atoms with van der Waals surface area (Å²) in [6, 6.07) is 1.31. The highest BCUT2D eigenvalue weighted by atomic mass is 16.5. The summed E-state index contributed by atoms with van der Waals surface area (Å²) in [5.41, 5.74) is -0.622. The molecule has 1 rings (SSSR count). The number of pyridine rings is 1. The summed E-state index contributed by atoms with van der Waals surface area (Å²) >= 11 is 0. The van der Waals surface area contributed by atoms with Gasteiger partial charge in [0, 0.05) is 11.6 Å². The van der Waals surface area contributed by atoms with Crippen LogP contribution in [-0.2, 0) is 4.79 Å². The van der Waals surface area contributed by atoms with Gasteiger partial charge in [-0.15, -0.1) is 0 Å². The number of carboxylic acids is 1. The molecule has 0 aliphatic rings. The minimum atomic E-state index is -1.15. The van der Waals surface area contributed by atoms with Gasteiger partial charge in [-0.3, -0.25) is 4.79 Å². The molecule has 0 atom stereocenters. The largest absolute Gasteiger partial charge is 0.479 e. The molecule has 18 heavy (non-hydrogen) atoms. The zero-order valence-corrected chi connectivity index (χ0v) is 10.8. The zero-order chi connectivity index (χ0) is 13.9. The van der Waals surface area contributed by atoms with E-state index in [0.717, 1.165) is 0 Å². The van der Waals surface area contributed by atoms with Crippen LogP contribution in [0, 0.1) is 5.41 Å². The zero-order valence-electron chi connectivity index (χ0n) is 10.8. The van der Waals surface area contributed by atoms with Gasteiger partial charge >= 0.3 is 5.97 Å². The molecule has 0 bridgehead atoms. The van der Waals surface area contributed by atoms with Crippen molar-refractivity contribution in [2.24, 2.45) is 5.41 Å². The molecule has 1 aromatic rings. The second-order valence-corrected chi connectivity index (χ2v) is 4.75. The summed E-state index contributed by atoms with van der Waals surface area (Å²) < 4.78 is 4.96. The van der Waals surface area contributed by atoms with Crippen LogP contribution in [0.5, 0.6) is 5.88 Å². The highest BCUT2D eigenvalue weighted by Gasteiger charge is 2.25. The van der Waals surface area contributed by atoms with Gasteiger partial charge in [0.15, 0.2) is 0 Å². The van der Waals surface area contributed by atoms with Crippen LogP contribution in [0.25, 0.3) is 0 Å². The van der Waals surface area contributed by atoms with Crippen LogP contribution in [0.3, 0.4) is 0 Å². The maximum Gasteiger partial charge on any atom is 0.338 e. The average molecular weight is 252 g/mol. The number of amides is 1. The summed E-state index contributed by atoms with van der Waals surface area (Å²) in [7, 11) is 1.36. The second kappa shape index (κ2) is 5.03. The number of ether oxygens (including phenoxy) is 1. The van der Waals surface area contributed by atoms with Gasteiger partial charge in [0.1, 0.15) is 5.69 Å². The maximum absolute atomic E-state index is 11.9. The van der Waals surface area contributed by atoms with E-state index in [-0.39, 0.29) is 23.0 Å². The number of nitrogens with one attached hydrogen (secondary N) is 1. The highest BCUT2D eigenvalue weighted by molar-refractivity contribution is 6.03. The molecule has 6 heteroatoms. The minimum absolute atomic E-state index is 0.0561. The van der Waals surface area contributed by atoms with E-state index in [1.54, 1.807) is 20.8 Å². The number of anilines is 1. The summed E-state index contributed by atoms with van der Waals surface area (Å²) in [6.07, 6.45) is 1.31. The first-order chi connectivity index (χ1) is 8.27. The molecule has 2 N–H and O–H groups in total. The van der Waals surface area contributed by atoms with Crippen molar-refractivity contribution in [3.63, 3.8) is 0 Å². The lowest BCUT2D eigenvalue weighted by molar-refractivity contribution is -0.123. The van der Waals surface area contributed by atoms with E-state index in [1.165, 1.54) is 19.4 Å². The third-order valence-electron chi connectivity index (χ3n) is 2.26. The first-order valence-corrected chi connectivity index (χ1v) is 5.35. The molecule has 0 saturated carbocycles. The van der Waals surface area contributed by atoms with Crippen molar-refractivity contribution in [3.05, 3.63) is 17.8 Å². The molecule has 0 spiro atoms. The van der Waals surface area contributed by atoms with Crippen LogP contribution in [0.15, 0.2) is 12.3 Å². The van der Waals surface area contributed by atoms with E-state index in [9.17, 15) is 9.59 Å². The molecule has 0 fully saturated rings. The molecule has 1 amide bonds. The van der Waals surface area contributed by atoms with Crippen molar-refractivity contribution in [2.75, 3.05) is 12.4 Å². The number of carbonyl (C=O) groups excluding carboxylic acids is 1. The Morgan fingerprint density at radius 1 is 1.39 bits per heavy atom. The highest BCUT2D eigenvalue weighted by Crippen LogP contribution is 2.28. The molecular weight excluding hydrogens is 236 g/mol. The van der Waals surface area contributed by atoms with Crippen molar-refractivity contribution in [1.29, 1.82) is 0 Å². The van der Waals surface area contributed by atoms with Gasteiger partial charge in [0.05, 0.1) is 12.7 Å². The number of aromatic nitrogens is 1. The summed E-state index contributed by atoms with van der Waals surface area (Å²) in [5, 5.41) is 11.6. The van der Waals surface area contributed by atoms with Gasteiger partial charge in [-0.2, -0.15) is 0 Å². The predicted octanol–water partition coefficient (Wildman–Crippen LogP) is 1.77. The average Bonchev–Trinajstić information content (AvgIpc) is 2.27. The lowest BCUT2D eigenvalue weighted by Gasteiger charge is -2.19. The Labute approximate surface area is 105 Å². The van der Waals surface area contributed by atoms with Crippen LogP contribution >= 0.6 is 0 Å². The number of carbonyl (C=O) groups is 2. The smallest absolute Gasteiger partial charge is 0.338 e. The number of nitrogens with zero attached hydrogens (tertiary/aromatic N) is 1. The molecule has 0 saturated heterocycles. The molecule has 0 radical (unpaired) electrons. The van der Waals surface area contributed by atoms with E-state index in [1.807, 2.05) is 0 Å². The van der Waals surface area contributed by atoms with E-state index in [0.29, 0.717) is 0 Å². The summed E-state index contributed by atoms with van der Waals surface area (Å²) in [6.45, 7) is 5.18. The Hall–Kier alpha value is -2.11. The van der Waals surface area contributed by atoms with Crippen molar-refractivity contribution < 1.29 is 19.4 Å². The van der Waals surface area contributed by atoms with Crippen molar-refractivity contribution in [2.45, 2.75) is 20.8 Å². The van der Waals surface area contributed by atoms with Gasteiger partial charge in [-0.05, 0) is 6.07 Å². The summed E-state index contributed by atoms with van der Waals surface area (Å²) in [5.74, 6) is -1.39. The lowest BCUT2D eigenvalue weighted by Crippen LogP contribution is -2.28. The van der Waals surface area contributed by atoms with Crippen LogP contribution < -0.4 is 10.1 Å². The molecule has 1 heterocycles. The summed E-state index contributed by atoms with van der Waals surface area (Å²) in [4.78, 5) is 26.9. The van der Waals surface area contributed by atoms with Gasteiger partial charge in [0.2, 0.25) is 11.8 Å². The van der Waals surface area contributed by atoms with Crippen LogP contribution in [0.2, 0.25) is 0 Å². The van der Waals surface area contributed by atoms with Gasteiger partial charge in [-0.25, -0.2) is 9.78 Å². The van der Waals surface area contributed by atoms with Crippen molar-refractivity contribution >= 4 is 17.6 Å². The van der Waals surface area contributed by atoms with E-state index in [2.05, 4.69) is 10.3 Å². The Kier molecular flexibility index (Phi) is 3.90. The predicted molar refractivity (Wildman–Crippen MR) is 65.8 cm³/mol. The number of carboxylic acid groups (broad SMARTS) is 1. The molecule has 0 aliphatic carbocycles. The topological polar surface area (TPSA) is 88.5 Å². The van der Waals surface area contributed by atoms with E-state index < -0.39 is 11.4 Å².